The molecule has 3 aromatic rings. The summed E-state index contributed by atoms with van der Waals surface area (Å²) >= 11 is 1.22. The number of aromatic hydroxyl groups is 1. The maximum Gasteiger partial charge on any atom is 0.268 e. The molecule has 2 heterocycles. The topological polar surface area (TPSA) is 89.5 Å². The number of aromatic nitrogens is 2. The van der Waals surface area contributed by atoms with Crippen LogP contribution >= 0.6 is 11.3 Å². The van der Waals surface area contributed by atoms with Gasteiger partial charge in [-0.05, 0) is 50.8 Å². The van der Waals surface area contributed by atoms with E-state index < -0.39 is 0 Å². The Kier molecular flexibility index (Phi) is 4.80. The summed E-state index contributed by atoms with van der Waals surface area (Å²) in [5.41, 5.74) is 1.05. The Bertz CT molecular complexity index is 1020. The molecule has 0 atom stereocenters. The van der Waals surface area contributed by atoms with E-state index in [1.165, 1.54) is 28.4 Å². The second kappa shape index (κ2) is 6.89. The van der Waals surface area contributed by atoms with E-state index in [0.29, 0.717) is 38.7 Å². The van der Waals surface area contributed by atoms with Crippen LogP contribution in [0.1, 0.15) is 21.1 Å². The van der Waals surface area contributed by atoms with Gasteiger partial charge < -0.3 is 19.9 Å². The molecule has 0 saturated carbocycles. The number of H-pyrrole nitrogens is 1. The number of fused-ring (bicyclic) bond motifs is 1. The predicted molar refractivity (Wildman–Crippen MR) is 103 cm³/mol. The molecule has 26 heavy (non-hydrogen) atoms. The average molecular weight is 372 g/mol. The zero-order valence-corrected chi connectivity index (χ0v) is 15.8. The van der Waals surface area contributed by atoms with E-state index in [4.69, 9.17) is 0 Å². The molecule has 0 aliphatic rings. The van der Waals surface area contributed by atoms with Gasteiger partial charge in [-0.15, -0.1) is 11.3 Å². The van der Waals surface area contributed by atoms with Gasteiger partial charge in [0.1, 0.15) is 16.4 Å². The average Bonchev–Trinajstić information content (AvgIpc) is 2.90. The van der Waals surface area contributed by atoms with Gasteiger partial charge in [0.05, 0.1) is 16.8 Å². The van der Waals surface area contributed by atoms with Crippen molar-refractivity contribution in [3.05, 3.63) is 50.9 Å². The highest BCUT2D eigenvalue weighted by Gasteiger charge is 2.22. The molecular formula is C18H20N4O3S. The van der Waals surface area contributed by atoms with E-state index >= 15 is 0 Å². The standard InChI is InChI=1S/C18H20N4O3S/c1-10-14-16(24)19-13(9-21(2)3)20-17(14)26-15(10)18(25)22(4)11-5-7-12(23)8-6-11/h5-8,23H,9H2,1-4H3,(H,19,20,24). The largest absolute Gasteiger partial charge is 0.508 e. The maximum absolute atomic E-state index is 12.9. The number of aryl methyl sites for hydroxylation is 1. The molecular weight excluding hydrogens is 352 g/mol. The summed E-state index contributed by atoms with van der Waals surface area (Å²) in [6, 6.07) is 6.37. The van der Waals surface area contributed by atoms with Gasteiger partial charge in [0.25, 0.3) is 11.5 Å². The molecule has 0 aliphatic heterocycles. The highest BCUT2D eigenvalue weighted by Crippen LogP contribution is 2.29. The Morgan fingerprint density at radius 3 is 2.50 bits per heavy atom. The van der Waals surface area contributed by atoms with Gasteiger partial charge in [-0.25, -0.2) is 4.98 Å². The molecule has 7 nitrogen and oxygen atoms in total. The van der Waals surface area contributed by atoms with E-state index in [-0.39, 0.29) is 17.2 Å². The van der Waals surface area contributed by atoms with Crippen LogP contribution in [0.3, 0.4) is 0 Å². The Morgan fingerprint density at radius 1 is 1.23 bits per heavy atom. The van der Waals surface area contributed by atoms with Crippen LogP contribution in [0, 0.1) is 6.92 Å². The molecule has 0 saturated heterocycles. The summed E-state index contributed by atoms with van der Waals surface area (Å²) in [5.74, 6) is 0.487. The van der Waals surface area contributed by atoms with Gasteiger partial charge in [-0.1, -0.05) is 0 Å². The van der Waals surface area contributed by atoms with Crippen molar-refractivity contribution in [1.82, 2.24) is 14.9 Å². The van der Waals surface area contributed by atoms with Crippen LogP contribution in [0.15, 0.2) is 29.1 Å². The highest BCUT2D eigenvalue weighted by molar-refractivity contribution is 7.20. The Hall–Kier alpha value is -2.71. The van der Waals surface area contributed by atoms with Crippen molar-refractivity contribution in [3.63, 3.8) is 0 Å². The van der Waals surface area contributed by atoms with E-state index in [1.54, 1.807) is 26.1 Å². The number of carbonyl (C=O) groups is 1. The molecule has 1 amide bonds. The fourth-order valence-corrected chi connectivity index (χ4v) is 3.89. The summed E-state index contributed by atoms with van der Waals surface area (Å²) in [7, 11) is 5.45. The molecule has 3 rings (SSSR count). The molecule has 136 valence electrons. The minimum absolute atomic E-state index is 0.136. The molecule has 0 radical (unpaired) electrons. The second-order valence-corrected chi connectivity index (χ2v) is 7.37. The van der Waals surface area contributed by atoms with Crippen molar-refractivity contribution in [2.24, 2.45) is 0 Å². The van der Waals surface area contributed by atoms with Gasteiger partial charge >= 0.3 is 0 Å². The summed E-state index contributed by atoms with van der Waals surface area (Å²) in [5, 5.41) is 9.86. The number of nitrogens with one attached hydrogen (secondary N) is 1. The Balaban J connectivity index is 2.03. The first-order valence-electron chi connectivity index (χ1n) is 8.02. The molecule has 2 aromatic heterocycles. The first kappa shape index (κ1) is 18.1. The maximum atomic E-state index is 12.9. The van der Waals surface area contributed by atoms with Crippen molar-refractivity contribution in [2.45, 2.75) is 13.5 Å². The lowest BCUT2D eigenvalue weighted by molar-refractivity contribution is 0.0996. The number of hydrogen-bond donors (Lipinski definition) is 2. The number of phenolic OH excluding ortho intramolecular Hbond substituents is 1. The normalized spacial score (nSPS) is 11.3. The van der Waals surface area contributed by atoms with E-state index in [2.05, 4.69) is 9.97 Å². The lowest BCUT2D eigenvalue weighted by Crippen LogP contribution is -2.26. The number of phenols is 1. The SMILES string of the molecule is Cc1c(C(=O)N(C)c2ccc(O)cc2)sc2nc(CN(C)C)[nH]c(=O)c12. The molecule has 2 N–H and O–H groups in total. The molecule has 0 spiro atoms. The minimum atomic E-state index is -0.230. The van der Waals surface area contributed by atoms with Gasteiger partial charge in [-0.3, -0.25) is 9.59 Å². The molecule has 0 aliphatic carbocycles. The van der Waals surface area contributed by atoms with Gasteiger partial charge in [-0.2, -0.15) is 0 Å². The highest BCUT2D eigenvalue weighted by atomic mass is 32.1. The van der Waals surface area contributed by atoms with Crippen molar-refractivity contribution < 1.29 is 9.90 Å². The first-order valence-corrected chi connectivity index (χ1v) is 8.83. The lowest BCUT2D eigenvalue weighted by Gasteiger charge is -2.16. The zero-order chi connectivity index (χ0) is 19.0. The summed E-state index contributed by atoms with van der Waals surface area (Å²) in [6.07, 6.45) is 0. The quantitative estimate of drug-likeness (QED) is 0.734. The number of benzene rings is 1. The second-order valence-electron chi connectivity index (χ2n) is 6.37. The first-order chi connectivity index (χ1) is 12.3. The number of carbonyl (C=O) groups excluding carboxylic acids is 1. The number of aromatic amines is 1. The van der Waals surface area contributed by atoms with Crippen LogP contribution in [0.2, 0.25) is 0 Å². The van der Waals surface area contributed by atoms with E-state index in [1.807, 2.05) is 19.0 Å². The Labute approximate surface area is 154 Å². The van der Waals surface area contributed by atoms with Gasteiger partial charge in [0, 0.05) is 12.7 Å². The summed E-state index contributed by atoms with van der Waals surface area (Å²) in [4.78, 5) is 37.1. The van der Waals surface area contributed by atoms with Crippen molar-refractivity contribution in [3.8, 4) is 5.75 Å². The monoisotopic (exact) mass is 372 g/mol. The van der Waals surface area contributed by atoms with Crippen LogP contribution in [0.25, 0.3) is 10.2 Å². The third-order valence-electron chi connectivity index (χ3n) is 4.05. The predicted octanol–water partition coefficient (Wildman–Crippen LogP) is 2.34. The fourth-order valence-electron chi connectivity index (χ4n) is 2.71. The molecule has 8 heteroatoms. The van der Waals surface area contributed by atoms with Crippen LogP contribution in [0.5, 0.6) is 5.75 Å². The third-order valence-corrected chi connectivity index (χ3v) is 5.23. The number of thiophene rings is 1. The number of rotatable bonds is 4. The molecule has 0 bridgehead atoms. The minimum Gasteiger partial charge on any atom is -0.508 e. The summed E-state index contributed by atoms with van der Waals surface area (Å²) in [6.45, 7) is 2.28. The molecule has 0 unspecified atom stereocenters. The fraction of sp³-hybridized carbons (Fsp3) is 0.278. The lowest BCUT2D eigenvalue weighted by atomic mass is 10.2. The van der Waals surface area contributed by atoms with Crippen molar-refractivity contribution >= 4 is 33.1 Å². The Morgan fingerprint density at radius 2 is 1.88 bits per heavy atom. The van der Waals surface area contributed by atoms with Crippen LogP contribution < -0.4 is 10.5 Å². The number of nitrogens with zero attached hydrogens (tertiary/aromatic N) is 3. The third kappa shape index (κ3) is 3.33. The number of amides is 1. The smallest absolute Gasteiger partial charge is 0.268 e. The van der Waals surface area contributed by atoms with E-state index in [9.17, 15) is 14.7 Å². The van der Waals surface area contributed by atoms with Crippen molar-refractivity contribution in [2.75, 3.05) is 26.0 Å². The van der Waals surface area contributed by atoms with Crippen LogP contribution in [-0.2, 0) is 6.54 Å². The number of hydrogen-bond acceptors (Lipinski definition) is 6. The molecule has 1 aromatic carbocycles. The van der Waals surface area contributed by atoms with Gasteiger partial charge in [0.15, 0.2) is 0 Å². The summed E-state index contributed by atoms with van der Waals surface area (Å²) < 4.78 is 0. The van der Waals surface area contributed by atoms with E-state index in [0.717, 1.165) is 0 Å². The van der Waals surface area contributed by atoms with Gasteiger partial charge in [0.2, 0.25) is 0 Å². The zero-order valence-electron chi connectivity index (χ0n) is 15.0. The van der Waals surface area contributed by atoms with Crippen LogP contribution in [0.4, 0.5) is 5.69 Å². The molecule has 0 fully saturated rings. The van der Waals surface area contributed by atoms with Crippen LogP contribution in [-0.4, -0.2) is 47.0 Å². The van der Waals surface area contributed by atoms with Crippen molar-refractivity contribution in [1.29, 1.82) is 0 Å². The number of anilines is 1.